The summed E-state index contributed by atoms with van der Waals surface area (Å²) >= 11 is 0. The van der Waals surface area contributed by atoms with Crippen molar-refractivity contribution >= 4 is 23.2 Å². The topological polar surface area (TPSA) is 165 Å². The summed E-state index contributed by atoms with van der Waals surface area (Å²) in [5, 5.41) is 45.4. The van der Waals surface area contributed by atoms with Crippen LogP contribution in [-0.2, 0) is 27.3 Å². The third-order valence-corrected chi connectivity index (χ3v) is 10.2. The minimum absolute atomic E-state index is 0.0478. The number of nitrogens with zero attached hydrogens (tertiary/aromatic N) is 2. The monoisotopic (exact) mass is 615 g/mol. The predicted octanol–water partition coefficient (Wildman–Crippen LogP) is 3.11. The molecule has 2 aromatic carbocycles. The first-order valence-electron chi connectivity index (χ1n) is 15.5. The quantitative estimate of drug-likeness (QED) is 0.318. The molecule has 10 heteroatoms. The van der Waals surface area contributed by atoms with Gasteiger partial charge < -0.3 is 26.2 Å². The van der Waals surface area contributed by atoms with Gasteiger partial charge in [0.25, 0.3) is 5.91 Å². The summed E-state index contributed by atoms with van der Waals surface area (Å²) in [6.45, 7) is 7.45. The van der Waals surface area contributed by atoms with Gasteiger partial charge in [-0.05, 0) is 85.5 Å². The minimum atomic E-state index is -2.66. The van der Waals surface area contributed by atoms with Gasteiger partial charge in [-0.15, -0.1) is 0 Å². The smallest absolute Gasteiger partial charge is 0.255 e. The number of hydrogen-bond donors (Lipinski definition) is 5. The number of aliphatic hydroxyl groups excluding tert-OH is 2. The molecule has 1 heterocycles. The normalized spacial score (nSPS) is 30.3. The molecule has 238 valence electrons. The van der Waals surface area contributed by atoms with E-state index in [0.717, 1.165) is 36.3 Å². The number of phenols is 1. The van der Waals surface area contributed by atoms with Gasteiger partial charge in [-0.1, -0.05) is 38.1 Å². The number of aromatic hydroxyl groups is 1. The highest BCUT2D eigenvalue weighted by molar-refractivity contribution is 6.24. The summed E-state index contributed by atoms with van der Waals surface area (Å²) in [6.07, 6.45) is 1.51. The van der Waals surface area contributed by atoms with E-state index >= 15 is 0 Å². The summed E-state index contributed by atoms with van der Waals surface area (Å²) in [7, 11) is 3.17. The van der Waals surface area contributed by atoms with E-state index in [2.05, 4.69) is 30.9 Å². The van der Waals surface area contributed by atoms with E-state index in [1.807, 2.05) is 12.1 Å². The molecule has 10 nitrogen and oxygen atoms in total. The maximum Gasteiger partial charge on any atom is 0.255 e. The first-order valence-corrected chi connectivity index (χ1v) is 15.5. The van der Waals surface area contributed by atoms with Gasteiger partial charge in [0, 0.05) is 31.1 Å². The number of likely N-dealkylation sites (tertiary alicyclic amines) is 1. The molecule has 2 unspecified atom stereocenters. The average molecular weight is 616 g/mol. The standard InChI is InChI=1S/C35H41N3O7/c1-17-10-18(2)15-38(14-17)16-19-6-5-7-20(11-19)22-8-9-25(39)27-23(22)12-21-13-24-29(37(3)4)31(41)28(34(36)44)33(43)35(24,45)32(42)26(21)30(27)40/h5-9,11,17-18,21,24,29,39-40,43,45H,10,12-16H2,1-4H3,(H2,36,44)/t17?,18?,21-,24-,29-,35-/m0/s1. The van der Waals surface area contributed by atoms with Crippen LogP contribution in [0, 0.1) is 23.7 Å². The maximum absolute atomic E-state index is 14.1. The molecule has 6 N–H and O–H groups in total. The Morgan fingerprint density at radius 2 is 1.73 bits per heavy atom. The summed E-state index contributed by atoms with van der Waals surface area (Å²) in [5.41, 5.74) is 5.36. The lowest BCUT2D eigenvalue weighted by Gasteiger charge is -2.50. The van der Waals surface area contributed by atoms with Gasteiger partial charge in [0.2, 0.25) is 5.78 Å². The molecule has 1 aliphatic heterocycles. The Morgan fingerprint density at radius 1 is 1.04 bits per heavy atom. The average Bonchev–Trinajstić information content (AvgIpc) is 2.94. The Bertz CT molecular complexity index is 1670. The van der Waals surface area contributed by atoms with E-state index in [9.17, 15) is 34.8 Å². The van der Waals surface area contributed by atoms with Crippen molar-refractivity contribution in [1.29, 1.82) is 0 Å². The molecule has 0 aromatic heterocycles. The second-order valence-corrected chi connectivity index (χ2v) is 13.8. The van der Waals surface area contributed by atoms with Crippen LogP contribution in [0.4, 0.5) is 0 Å². The molecule has 1 saturated carbocycles. The zero-order chi connectivity index (χ0) is 32.5. The zero-order valence-corrected chi connectivity index (χ0v) is 26.1. The molecule has 2 fully saturated rings. The first kappa shape index (κ1) is 31.0. The van der Waals surface area contributed by atoms with Crippen LogP contribution in [0.1, 0.15) is 43.4 Å². The van der Waals surface area contributed by atoms with Crippen molar-refractivity contribution in [3.05, 3.63) is 70.0 Å². The van der Waals surface area contributed by atoms with Crippen molar-refractivity contribution in [1.82, 2.24) is 9.80 Å². The van der Waals surface area contributed by atoms with Crippen molar-refractivity contribution in [3.63, 3.8) is 0 Å². The molecular formula is C35H41N3O7. The third kappa shape index (κ3) is 4.86. The Balaban J connectivity index is 1.43. The molecule has 4 aliphatic rings. The number of carbonyl (C=O) groups is 3. The number of nitrogens with two attached hydrogens (primary N) is 1. The molecule has 2 aromatic rings. The van der Waals surface area contributed by atoms with Crippen molar-refractivity contribution in [2.24, 2.45) is 29.4 Å². The maximum atomic E-state index is 14.1. The first-order chi connectivity index (χ1) is 21.2. The molecule has 6 rings (SSSR count). The number of benzene rings is 2. The number of piperidine rings is 1. The van der Waals surface area contributed by atoms with Gasteiger partial charge in [-0.2, -0.15) is 0 Å². The van der Waals surface area contributed by atoms with E-state index in [1.54, 1.807) is 20.2 Å². The molecular weight excluding hydrogens is 574 g/mol. The van der Waals surface area contributed by atoms with Crippen LogP contribution in [0.5, 0.6) is 5.75 Å². The highest BCUT2D eigenvalue weighted by atomic mass is 16.3. The minimum Gasteiger partial charge on any atom is -0.508 e. The summed E-state index contributed by atoms with van der Waals surface area (Å²) in [5.74, 6) is -5.33. The van der Waals surface area contributed by atoms with Gasteiger partial charge in [-0.3, -0.25) is 24.2 Å². The van der Waals surface area contributed by atoms with Crippen LogP contribution in [0.15, 0.2) is 53.3 Å². The van der Waals surface area contributed by atoms with Crippen molar-refractivity contribution in [2.75, 3.05) is 27.2 Å². The molecule has 3 aliphatic carbocycles. The number of amides is 1. The number of phenolic OH excluding ortho intramolecular Hbond substituents is 1. The zero-order valence-electron chi connectivity index (χ0n) is 26.1. The van der Waals surface area contributed by atoms with Crippen LogP contribution in [0.3, 0.4) is 0 Å². The molecule has 1 saturated heterocycles. The van der Waals surface area contributed by atoms with Gasteiger partial charge >= 0.3 is 0 Å². The van der Waals surface area contributed by atoms with Crippen LogP contribution in [-0.4, -0.2) is 86.5 Å². The Labute approximate surface area is 262 Å². The second kappa shape index (κ2) is 11.1. The third-order valence-electron chi connectivity index (χ3n) is 10.2. The number of Topliss-reactive ketones (excluding diaryl/α,β-unsaturated/α-hetero) is 2. The highest BCUT2D eigenvalue weighted by Gasteiger charge is 2.64. The van der Waals surface area contributed by atoms with Gasteiger partial charge in [0.1, 0.15) is 22.8 Å². The van der Waals surface area contributed by atoms with Crippen LogP contribution < -0.4 is 5.73 Å². The molecule has 0 spiro atoms. The predicted molar refractivity (Wildman–Crippen MR) is 168 cm³/mol. The number of ketones is 2. The summed E-state index contributed by atoms with van der Waals surface area (Å²) in [4.78, 5) is 43.6. The lowest BCUT2D eigenvalue weighted by Crippen LogP contribution is -2.65. The second-order valence-electron chi connectivity index (χ2n) is 13.8. The van der Waals surface area contributed by atoms with Crippen molar-refractivity contribution in [2.45, 2.75) is 51.3 Å². The van der Waals surface area contributed by atoms with E-state index in [1.165, 1.54) is 17.4 Å². The van der Waals surface area contributed by atoms with Gasteiger partial charge in [0.05, 0.1) is 11.6 Å². The fraction of sp³-hybridized carbons (Fsp3) is 0.457. The Hall–Kier alpha value is -3.99. The fourth-order valence-electron chi connectivity index (χ4n) is 8.53. The molecule has 6 atom stereocenters. The largest absolute Gasteiger partial charge is 0.508 e. The molecule has 1 amide bonds. The summed E-state index contributed by atoms with van der Waals surface area (Å²) in [6, 6.07) is 10.3. The Morgan fingerprint density at radius 3 is 2.38 bits per heavy atom. The number of hydrogen-bond acceptors (Lipinski definition) is 9. The van der Waals surface area contributed by atoms with Crippen molar-refractivity contribution < 1.29 is 34.8 Å². The number of aliphatic hydroxyl groups is 3. The highest BCUT2D eigenvalue weighted by Crippen LogP contribution is 2.53. The van der Waals surface area contributed by atoms with E-state index in [0.29, 0.717) is 17.4 Å². The van der Waals surface area contributed by atoms with E-state index in [4.69, 9.17) is 5.73 Å². The van der Waals surface area contributed by atoms with Gasteiger partial charge in [-0.25, -0.2) is 0 Å². The number of primary amides is 1. The number of carbonyl (C=O) groups excluding carboxylic acids is 3. The van der Waals surface area contributed by atoms with Crippen molar-refractivity contribution in [3.8, 4) is 16.9 Å². The van der Waals surface area contributed by atoms with Crippen LogP contribution in [0.25, 0.3) is 16.9 Å². The Kier molecular flexibility index (Phi) is 7.66. The lowest BCUT2D eigenvalue weighted by atomic mass is 9.57. The SMILES string of the molecule is CC1CC(C)CN(Cc2cccc(-c3ccc(O)c4c3C[C@H]3C[C@H]5[C@H](N(C)C)C(=O)C(C(N)=O)=C(O)[C@@]5(O)C(=O)C3=C4O)c2)C1. The molecule has 0 bridgehead atoms. The van der Waals surface area contributed by atoms with Gasteiger partial charge in [0.15, 0.2) is 11.4 Å². The number of rotatable bonds is 5. The number of likely N-dealkylation sites (N-methyl/N-ethyl adjacent to an activating group) is 1. The molecule has 45 heavy (non-hydrogen) atoms. The van der Waals surface area contributed by atoms with E-state index in [-0.39, 0.29) is 29.7 Å². The number of fused-ring (bicyclic) bond motifs is 3. The molecule has 0 radical (unpaired) electrons. The summed E-state index contributed by atoms with van der Waals surface area (Å²) < 4.78 is 0. The fourth-order valence-corrected chi connectivity index (χ4v) is 8.53. The van der Waals surface area contributed by atoms with E-state index < -0.39 is 58.0 Å². The lowest BCUT2D eigenvalue weighted by molar-refractivity contribution is -0.153. The van der Waals surface area contributed by atoms with Crippen LogP contribution >= 0.6 is 0 Å². The van der Waals surface area contributed by atoms with Crippen LogP contribution in [0.2, 0.25) is 0 Å².